The summed E-state index contributed by atoms with van der Waals surface area (Å²) in [7, 11) is 0. The van der Waals surface area contributed by atoms with Crippen molar-refractivity contribution in [1.82, 2.24) is 4.98 Å². The maximum atomic E-state index is 11.2. The predicted octanol–water partition coefficient (Wildman–Crippen LogP) is 2.99. The second kappa shape index (κ2) is 4.79. The number of aryl methyl sites for hydroxylation is 1. The Morgan fingerprint density at radius 2 is 1.81 bits per heavy atom. The quantitative estimate of drug-likeness (QED) is 0.835. The molecule has 1 heterocycles. The van der Waals surface area contributed by atoms with Gasteiger partial charge >= 0.3 is 0 Å². The van der Waals surface area contributed by atoms with Crippen molar-refractivity contribution in [2.75, 3.05) is 0 Å². The number of nitrogens with one attached hydrogen (secondary N) is 1. The second-order valence-corrected chi connectivity index (χ2v) is 3.89. The van der Waals surface area contributed by atoms with E-state index in [-0.39, 0.29) is 5.56 Å². The molecule has 0 spiro atoms. The molecule has 0 aliphatic rings. The summed E-state index contributed by atoms with van der Waals surface area (Å²) in [5.74, 6) is 0. The molecule has 0 aliphatic carbocycles. The summed E-state index contributed by atoms with van der Waals surface area (Å²) in [6.45, 7) is 2.17. The van der Waals surface area contributed by atoms with E-state index in [1.807, 2.05) is 6.07 Å². The molecule has 1 aromatic heterocycles. The third kappa shape index (κ3) is 2.40. The first-order valence-electron chi connectivity index (χ1n) is 5.57. The molecule has 0 fully saturated rings. The molecule has 2 aromatic rings. The van der Waals surface area contributed by atoms with E-state index in [2.05, 4.69) is 36.2 Å². The van der Waals surface area contributed by atoms with Gasteiger partial charge in [-0.15, -0.1) is 0 Å². The minimum Gasteiger partial charge on any atom is -0.329 e. The van der Waals surface area contributed by atoms with E-state index in [0.29, 0.717) is 0 Å². The lowest BCUT2D eigenvalue weighted by Gasteiger charge is -2.02. The van der Waals surface area contributed by atoms with Gasteiger partial charge < -0.3 is 4.98 Å². The predicted molar refractivity (Wildman–Crippen MR) is 66.5 cm³/mol. The Morgan fingerprint density at radius 3 is 2.44 bits per heavy atom. The third-order valence-corrected chi connectivity index (χ3v) is 2.60. The van der Waals surface area contributed by atoms with Crippen LogP contribution in [0.1, 0.15) is 18.9 Å². The summed E-state index contributed by atoms with van der Waals surface area (Å²) in [5, 5.41) is 0. The zero-order valence-electron chi connectivity index (χ0n) is 9.36. The summed E-state index contributed by atoms with van der Waals surface area (Å²) in [6, 6.07) is 11.9. The van der Waals surface area contributed by atoms with Crippen LogP contribution in [0.25, 0.3) is 11.1 Å². The summed E-state index contributed by atoms with van der Waals surface area (Å²) in [5.41, 5.74) is 3.34. The van der Waals surface area contributed by atoms with Gasteiger partial charge in [-0.25, -0.2) is 0 Å². The number of aromatic nitrogens is 1. The zero-order valence-corrected chi connectivity index (χ0v) is 9.36. The normalized spacial score (nSPS) is 10.3. The third-order valence-electron chi connectivity index (χ3n) is 2.60. The van der Waals surface area contributed by atoms with Crippen LogP contribution < -0.4 is 5.56 Å². The van der Waals surface area contributed by atoms with E-state index in [1.165, 1.54) is 5.56 Å². The molecule has 82 valence electrons. The number of rotatable bonds is 3. The van der Waals surface area contributed by atoms with E-state index in [9.17, 15) is 4.79 Å². The van der Waals surface area contributed by atoms with E-state index in [1.54, 1.807) is 12.3 Å². The van der Waals surface area contributed by atoms with Crippen LogP contribution >= 0.6 is 0 Å². The molecule has 0 saturated heterocycles. The molecular weight excluding hydrogens is 198 g/mol. The summed E-state index contributed by atoms with van der Waals surface area (Å²) >= 11 is 0. The number of aromatic amines is 1. The molecule has 0 amide bonds. The van der Waals surface area contributed by atoms with Gasteiger partial charge in [0.1, 0.15) is 0 Å². The van der Waals surface area contributed by atoms with Crippen LogP contribution in [0.2, 0.25) is 0 Å². The molecule has 2 rings (SSSR count). The maximum Gasteiger partial charge on any atom is 0.248 e. The number of benzene rings is 1. The fourth-order valence-corrected chi connectivity index (χ4v) is 1.78. The second-order valence-electron chi connectivity index (χ2n) is 3.89. The molecule has 0 unspecified atom stereocenters. The van der Waals surface area contributed by atoms with Gasteiger partial charge in [0.25, 0.3) is 0 Å². The highest BCUT2D eigenvalue weighted by Crippen LogP contribution is 2.18. The Labute approximate surface area is 95.0 Å². The Balaban J connectivity index is 2.31. The van der Waals surface area contributed by atoms with Crippen LogP contribution in [0.5, 0.6) is 0 Å². The van der Waals surface area contributed by atoms with Crippen LogP contribution in [0.15, 0.2) is 47.4 Å². The first-order valence-corrected chi connectivity index (χ1v) is 5.57. The van der Waals surface area contributed by atoms with Crippen molar-refractivity contribution in [2.24, 2.45) is 0 Å². The van der Waals surface area contributed by atoms with E-state index in [4.69, 9.17) is 0 Å². The molecular formula is C14H15NO. The zero-order chi connectivity index (χ0) is 11.4. The minimum atomic E-state index is -0.0601. The van der Waals surface area contributed by atoms with E-state index in [0.717, 1.165) is 24.0 Å². The molecule has 0 bridgehead atoms. The van der Waals surface area contributed by atoms with Gasteiger partial charge in [0, 0.05) is 12.3 Å². The molecule has 2 nitrogen and oxygen atoms in total. The molecule has 16 heavy (non-hydrogen) atoms. The fourth-order valence-electron chi connectivity index (χ4n) is 1.78. The van der Waals surface area contributed by atoms with Crippen molar-refractivity contribution in [1.29, 1.82) is 0 Å². The Bertz CT molecular complexity index is 511. The molecule has 0 saturated carbocycles. The van der Waals surface area contributed by atoms with Gasteiger partial charge in [-0.3, -0.25) is 4.79 Å². The number of H-pyrrole nitrogens is 1. The van der Waals surface area contributed by atoms with Crippen LogP contribution in [0.3, 0.4) is 0 Å². The lowest BCUT2D eigenvalue weighted by atomic mass is 10.0. The van der Waals surface area contributed by atoms with Gasteiger partial charge in [-0.05, 0) is 29.2 Å². The molecule has 0 radical (unpaired) electrons. The molecule has 2 heteroatoms. The van der Waals surface area contributed by atoms with E-state index < -0.39 is 0 Å². The summed E-state index contributed by atoms with van der Waals surface area (Å²) in [6.07, 6.45) is 3.94. The van der Waals surface area contributed by atoms with Gasteiger partial charge in [-0.1, -0.05) is 37.6 Å². The molecule has 1 aromatic carbocycles. The molecule has 0 aliphatic heterocycles. The minimum absolute atomic E-state index is 0.0601. The van der Waals surface area contributed by atoms with Crippen LogP contribution in [-0.2, 0) is 6.42 Å². The van der Waals surface area contributed by atoms with Crippen molar-refractivity contribution in [3.63, 3.8) is 0 Å². The van der Waals surface area contributed by atoms with Crippen molar-refractivity contribution in [2.45, 2.75) is 19.8 Å². The Morgan fingerprint density at radius 1 is 1.06 bits per heavy atom. The van der Waals surface area contributed by atoms with Gasteiger partial charge in [-0.2, -0.15) is 0 Å². The largest absolute Gasteiger partial charge is 0.329 e. The first kappa shape index (κ1) is 10.7. The van der Waals surface area contributed by atoms with Gasteiger partial charge in [0.05, 0.1) is 0 Å². The highest BCUT2D eigenvalue weighted by molar-refractivity contribution is 5.62. The average molecular weight is 213 g/mol. The maximum absolute atomic E-state index is 11.2. The smallest absolute Gasteiger partial charge is 0.248 e. The number of hydrogen-bond acceptors (Lipinski definition) is 1. The monoisotopic (exact) mass is 213 g/mol. The highest BCUT2D eigenvalue weighted by Gasteiger charge is 1.98. The van der Waals surface area contributed by atoms with Crippen molar-refractivity contribution in [3.05, 3.63) is 58.5 Å². The topological polar surface area (TPSA) is 32.9 Å². The molecule has 0 atom stereocenters. The fraction of sp³-hybridized carbons (Fsp3) is 0.214. The SMILES string of the molecule is CCCc1ccc(-c2cc[nH]c(=O)c2)cc1. The average Bonchev–Trinajstić information content (AvgIpc) is 2.30. The number of hydrogen-bond donors (Lipinski definition) is 1. The Kier molecular flexibility index (Phi) is 3.20. The molecule has 1 N–H and O–H groups in total. The van der Waals surface area contributed by atoms with Crippen LogP contribution in [0, 0.1) is 0 Å². The van der Waals surface area contributed by atoms with Crippen LogP contribution in [0.4, 0.5) is 0 Å². The lowest BCUT2D eigenvalue weighted by molar-refractivity contribution is 0.922. The van der Waals surface area contributed by atoms with Crippen molar-refractivity contribution in [3.8, 4) is 11.1 Å². The standard InChI is InChI=1S/C14H15NO/c1-2-3-11-4-6-12(7-5-11)13-8-9-15-14(16)10-13/h4-10H,2-3H2,1H3,(H,15,16). The van der Waals surface area contributed by atoms with Gasteiger partial charge in [0.2, 0.25) is 5.56 Å². The van der Waals surface area contributed by atoms with Crippen molar-refractivity contribution < 1.29 is 0 Å². The summed E-state index contributed by atoms with van der Waals surface area (Å²) in [4.78, 5) is 13.8. The lowest BCUT2D eigenvalue weighted by Crippen LogP contribution is -2.01. The van der Waals surface area contributed by atoms with Gasteiger partial charge in [0.15, 0.2) is 0 Å². The highest BCUT2D eigenvalue weighted by atomic mass is 16.1. The van der Waals surface area contributed by atoms with Crippen LogP contribution in [-0.4, -0.2) is 4.98 Å². The Hall–Kier alpha value is -1.83. The van der Waals surface area contributed by atoms with Crippen molar-refractivity contribution >= 4 is 0 Å². The number of pyridine rings is 1. The first-order chi connectivity index (χ1) is 7.79. The van der Waals surface area contributed by atoms with E-state index >= 15 is 0 Å². The summed E-state index contributed by atoms with van der Waals surface area (Å²) < 4.78 is 0.